The van der Waals surface area contributed by atoms with E-state index >= 15 is 0 Å². The van der Waals surface area contributed by atoms with E-state index < -0.39 is 29.3 Å². The number of aromatic nitrogens is 4. The molecule has 3 aromatic heterocycles. The minimum Gasteiger partial charge on any atom is -0.490 e. The minimum atomic E-state index is -4.83. The number of hydrogen-bond acceptors (Lipinski definition) is 13. The zero-order chi connectivity index (χ0) is 52.0. The first kappa shape index (κ1) is 49.8. The second-order valence-corrected chi connectivity index (χ2v) is 20.6. The molecule has 16 nitrogen and oxygen atoms in total. The fraction of sp³-hybridized carbons (Fsp3) is 0.364. The number of piperazine rings is 1. The van der Waals surface area contributed by atoms with Crippen LogP contribution in [0.25, 0.3) is 32.2 Å². The second-order valence-electron chi connectivity index (χ2n) is 19.6. The minimum absolute atomic E-state index is 0.0105. The number of anilines is 3. The van der Waals surface area contributed by atoms with Gasteiger partial charge in [-0.25, -0.2) is 14.8 Å². The van der Waals surface area contributed by atoms with Crippen molar-refractivity contribution >= 4 is 72.8 Å². The number of thiazole rings is 1. The number of carboxylic acids is 1. The number of carbonyl (C=O) groups excluding carboxylic acids is 3. The van der Waals surface area contributed by atoms with Crippen molar-refractivity contribution in [2.75, 3.05) is 61.0 Å². The van der Waals surface area contributed by atoms with E-state index in [2.05, 4.69) is 47.6 Å². The molecule has 1 atom stereocenters. The van der Waals surface area contributed by atoms with Crippen molar-refractivity contribution in [3.8, 4) is 16.9 Å². The van der Waals surface area contributed by atoms with Gasteiger partial charge in [-0.15, -0.1) is 0 Å². The van der Waals surface area contributed by atoms with Crippen LogP contribution in [0.5, 0.6) is 5.75 Å². The highest BCUT2D eigenvalue weighted by molar-refractivity contribution is 7.22. The molecule has 20 heteroatoms. The highest BCUT2D eigenvalue weighted by Gasteiger charge is 2.37. The van der Waals surface area contributed by atoms with Crippen molar-refractivity contribution in [2.45, 2.75) is 75.8 Å². The van der Waals surface area contributed by atoms with Crippen LogP contribution in [0.3, 0.4) is 0 Å². The highest BCUT2D eigenvalue weighted by Crippen LogP contribution is 2.42. The summed E-state index contributed by atoms with van der Waals surface area (Å²) in [5, 5.41) is 21.8. The Labute approximate surface area is 433 Å². The fourth-order valence-electron chi connectivity index (χ4n) is 10.9. The SMILES string of the molecule is Cn1nc(C2CCC(=O)NC2=O)c2ccc(N3CCN(CCOC4CCC(Oc5ccc(-c6ccc(N7CCc8cccc(C(=O)Nc9nc%10ccccc%10s9)c8C7)nc6C(=O)O)c(C(F)(F)F)c5)CC4)CC3)cc21. The topological polar surface area (TPSA) is 184 Å². The molecular weight excluding hydrogens is 988 g/mol. The first-order valence-electron chi connectivity index (χ1n) is 25.3. The number of carboxylic acid groups (broad SMARTS) is 1. The largest absolute Gasteiger partial charge is 0.490 e. The zero-order valence-electron chi connectivity index (χ0n) is 41.1. The maximum absolute atomic E-state index is 14.9. The van der Waals surface area contributed by atoms with Gasteiger partial charge >= 0.3 is 12.1 Å². The first-order valence-corrected chi connectivity index (χ1v) is 26.1. The van der Waals surface area contributed by atoms with E-state index in [0.29, 0.717) is 74.5 Å². The normalized spacial score (nSPS) is 19.5. The number of nitrogens with one attached hydrogen (secondary N) is 2. The number of halogens is 3. The monoisotopic (exact) mass is 1040 g/mol. The molecule has 1 aliphatic carbocycles. The van der Waals surface area contributed by atoms with E-state index in [1.165, 1.54) is 35.6 Å². The average Bonchev–Trinajstić information content (AvgIpc) is 3.98. The number of alkyl halides is 3. The number of hydrogen-bond donors (Lipinski definition) is 3. The number of pyridine rings is 1. The molecule has 7 aromatic rings. The summed E-state index contributed by atoms with van der Waals surface area (Å²) in [5.74, 6) is -2.51. The van der Waals surface area contributed by atoms with Crippen molar-refractivity contribution in [1.82, 2.24) is 30.0 Å². The van der Waals surface area contributed by atoms with Gasteiger partial charge in [-0.05, 0) is 116 Å². The van der Waals surface area contributed by atoms with Gasteiger partial charge in [0.15, 0.2) is 10.8 Å². The number of amides is 3. The number of nitrogens with zero attached hydrogens (tertiary/aromatic N) is 7. The van der Waals surface area contributed by atoms with Crippen LogP contribution < -0.4 is 25.2 Å². The molecule has 3 fully saturated rings. The van der Waals surface area contributed by atoms with Crippen molar-refractivity contribution in [1.29, 1.82) is 0 Å². The Morgan fingerprint density at radius 2 is 1.63 bits per heavy atom. The van der Waals surface area contributed by atoms with Crippen LogP contribution in [0.4, 0.5) is 29.8 Å². The Morgan fingerprint density at radius 3 is 2.40 bits per heavy atom. The summed E-state index contributed by atoms with van der Waals surface area (Å²) in [4.78, 5) is 66.2. The third-order valence-electron chi connectivity index (χ3n) is 14.9. The third kappa shape index (κ3) is 10.5. The van der Waals surface area contributed by atoms with Crippen LogP contribution in [-0.2, 0) is 40.5 Å². The van der Waals surface area contributed by atoms with Crippen LogP contribution in [0.2, 0.25) is 0 Å². The Balaban J connectivity index is 0.677. The second kappa shape index (κ2) is 20.7. The molecule has 3 aliphatic heterocycles. The summed E-state index contributed by atoms with van der Waals surface area (Å²) in [6, 6.07) is 25.8. The molecule has 0 spiro atoms. The summed E-state index contributed by atoms with van der Waals surface area (Å²) >= 11 is 1.36. The molecule has 6 heterocycles. The van der Waals surface area contributed by atoms with Gasteiger partial charge in [0, 0.05) is 81.5 Å². The zero-order valence-corrected chi connectivity index (χ0v) is 41.9. The summed E-state index contributed by atoms with van der Waals surface area (Å²) in [6.45, 7) is 5.39. The fourth-order valence-corrected chi connectivity index (χ4v) is 11.8. The van der Waals surface area contributed by atoms with Gasteiger partial charge in [-0.1, -0.05) is 41.7 Å². The molecule has 3 N–H and O–H groups in total. The maximum Gasteiger partial charge on any atom is 0.417 e. The summed E-state index contributed by atoms with van der Waals surface area (Å²) < 4.78 is 59.8. The van der Waals surface area contributed by atoms with E-state index in [0.717, 1.165) is 76.7 Å². The lowest BCUT2D eigenvalue weighted by molar-refractivity contribution is -0.137. The molecule has 4 aliphatic rings. The first-order chi connectivity index (χ1) is 36.2. The van der Waals surface area contributed by atoms with Gasteiger partial charge < -0.3 is 24.4 Å². The van der Waals surface area contributed by atoms with E-state index in [1.54, 1.807) is 10.7 Å². The summed E-state index contributed by atoms with van der Waals surface area (Å²) in [7, 11) is 1.87. The third-order valence-corrected chi connectivity index (χ3v) is 15.8. The molecule has 1 unspecified atom stereocenters. The number of rotatable bonds is 13. The number of carbonyl (C=O) groups is 4. The van der Waals surface area contributed by atoms with Gasteiger partial charge in [0.25, 0.3) is 5.91 Å². The van der Waals surface area contributed by atoms with Crippen LogP contribution in [0.15, 0.2) is 91.0 Å². The lowest BCUT2D eigenvalue weighted by atomic mass is 9.93. The molecule has 75 heavy (non-hydrogen) atoms. The standard InChI is InChI=1S/C55H54F3N9O7S/c1-64-45-29-33(9-15-40(45)49(63-64)41-18-20-48(68)61-52(41)70)66-25-23-65(24-26-66)27-28-73-34-10-12-35(13-11-34)74-36-14-16-37(43(30-36)55(56,57)58)38-17-19-47(60-50(38)53(71)72)67-22-21-32-5-4-6-39(42(32)31-67)51(69)62-54-59-44-7-2-3-8-46(44)75-54/h2-9,14-17,19,29-30,34-35,41H,10-13,18,20-28,31H2,1H3,(H,71,72)(H,59,62,69)(H,61,68,70). The number of ether oxygens (including phenoxy) is 2. The lowest BCUT2D eigenvalue weighted by Crippen LogP contribution is -2.47. The van der Waals surface area contributed by atoms with Gasteiger partial charge in [0.05, 0.1) is 51.7 Å². The van der Waals surface area contributed by atoms with Gasteiger partial charge in [0.1, 0.15) is 11.6 Å². The van der Waals surface area contributed by atoms with E-state index in [-0.39, 0.29) is 59.2 Å². The lowest BCUT2D eigenvalue weighted by Gasteiger charge is -2.36. The quantitative estimate of drug-likeness (QED) is 0.0932. The Hall–Kier alpha value is -7.42. The molecule has 3 amide bonds. The molecule has 4 aromatic carbocycles. The van der Waals surface area contributed by atoms with Crippen LogP contribution >= 0.6 is 11.3 Å². The molecule has 1 saturated carbocycles. The molecule has 0 bridgehead atoms. The van der Waals surface area contributed by atoms with Crippen molar-refractivity contribution in [3.63, 3.8) is 0 Å². The Bertz CT molecular complexity index is 3310. The summed E-state index contributed by atoms with van der Waals surface area (Å²) in [6.07, 6.45) is -1.26. The number of fused-ring (bicyclic) bond motifs is 3. The number of benzene rings is 4. The number of para-hydroxylation sites is 1. The number of piperidine rings is 1. The van der Waals surface area contributed by atoms with Crippen LogP contribution in [0.1, 0.15) is 87.7 Å². The van der Waals surface area contributed by atoms with Gasteiger partial charge in [-0.3, -0.25) is 34.6 Å². The predicted octanol–water partition coefficient (Wildman–Crippen LogP) is 8.83. The van der Waals surface area contributed by atoms with Crippen molar-refractivity contribution in [3.05, 3.63) is 125 Å². The van der Waals surface area contributed by atoms with Gasteiger partial charge in [-0.2, -0.15) is 18.3 Å². The van der Waals surface area contributed by atoms with Crippen molar-refractivity contribution < 1.29 is 46.9 Å². The van der Waals surface area contributed by atoms with Crippen LogP contribution in [0, 0.1) is 0 Å². The van der Waals surface area contributed by atoms with Crippen molar-refractivity contribution in [2.24, 2.45) is 7.05 Å². The predicted molar refractivity (Wildman–Crippen MR) is 278 cm³/mol. The van der Waals surface area contributed by atoms with E-state index in [1.807, 2.05) is 54.4 Å². The average molecular weight is 1040 g/mol. The molecule has 0 radical (unpaired) electrons. The molecule has 11 rings (SSSR count). The molecule has 2 saturated heterocycles. The molecular formula is C55H54F3N9O7S. The Morgan fingerprint density at radius 1 is 0.840 bits per heavy atom. The maximum atomic E-state index is 14.9. The molecule has 388 valence electrons. The van der Waals surface area contributed by atoms with E-state index in [4.69, 9.17) is 9.47 Å². The number of imide groups is 1. The summed E-state index contributed by atoms with van der Waals surface area (Å²) in [5.41, 5.74) is 3.57. The Kier molecular flexibility index (Phi) is 13.7. The van der Waals surface area contributed by atoms with Gasteiger partial charge in [0.2, 0.25) is 11.8 Å². The number of aryl methyl sites for hydroxylation is 1. The highest BCUT2D eigenvalue weighted by atomic mass is 32.1. The number of aromatic carboxylic acids is 1. The smallest absolute Gasteiger partial charge is 0.417 e. The van der Waals surface area contributed by atoms with Crippen LogP contribution in [-0.4, -0.2) is 112 Å². The van der Waals surface area contributed by atoms with E-state index in [9.17, 15) is 37.5 Å².